The molecule has 0 unspecified atom stereocenters. The molecule has 1 fully saturated rings. The highest BCUT2D eigenvalue weighted by Crippen LogP contribution is 2.34. The number of hydrogen-bond donors (Lipinski definition) is 4. The number of fused-ring (bicyclic) bond motifs is 1. The van der Waals surface area contributed by atoms with Crippen LogP contribution in [0, 0.1) is 5.92 Å². The zero-order chi connectivity index (χ0) is 20.9. The number of benzene rings is 1. The lowest BCUT2D eigenvalue weighted by molar-refractivity contribution is -0.897. The van der Waals surface area contributed by atoms with Gasteiger partial charge in [0.2, 0.25) is 12.7 Å². The van der Waals surface area contributed by atoms with Crippen molar-refractivity contribution in [3.05, 3.63) is 42.4 Å². The van der Waals surface area contributed by atoms with Crippen LogP contribution in [0.4, 0.5) is 5.69 Å². The molecule has 0 bridgehead atoms. The predicted octanol–water partition coefficient (Wildman–Crippen LogP) is -0.297. The summed E-state index contributed by atoms with van der Waals surface area (Å²) in [4.78, 5) is 37.4. The number of piperidine rings is 1. The zero-order valence-corrected chi connectivity index (χ0v) is 16.2. The van der Waals surface area contributed by atoms with Gasteiger partial charge in [0.25, 0.3) is 5.91 Å². The number of ether oxygens (including phenoxy) is 2. The molecule has 0 atom stereocenters. The van der Waals surface area contributed by atoms with Crippen molar-refractivity contribution in [1.29, 1.82) is 0 Å². The highest BCUT2D eigenvalue weighted by Gasteiger charge is 2.29. The van der Waals surface area contributed by atoms with E-state index in [0.717, 1.165) is 4.90 Å². The van der Waals surface area contributed by atoms with Crippen LogP contribution in [0.25, 0.3) is 0 Å². The Kier molecular flexibility index (Phi) is 5.84. The van der Waals surface area contributed by atoms with E-state index >= 15 is 0 Å². The van der Waals surface area contributed by atoms with E-state index in [0.29, 0.717) is 43.1 Å². The molecular weight excluding hydrogens is 392 g/mol. The van der Waals surface area contributed by atoms with E-state index in [1.807, 2.05) is 0 Å². The Balaban J connectivity index is 1.18. The van der Waals surface area contributed by atoms with Gasteiger partial charge in [0.05, 0.1) is 19.4 Å². The Hall–Kier alpha value is -3.53. The minimum Gasteiger partial charge on any atom is -0.459 e. The van der Waals surface area contributed by atoms with Gasteiger partial charge in [-0.05, 0) is 24.3 Å². The lowest BCUT2D eigenvalue weighted by Gasteiger charge is -2.28. The molecule has 3 amide bonds. The van der Waals surface area contributed by atoms with Crippen molar-refractivity contribution < 1.29 is 33.2 Å². The topological polar surface area (TPSA) is 123 Å². The molecule has 0 aliphatic carbocycles. The number of carbonyl (C=O) groups is 3. The zero-order valence-electron chi connectivity index (χ0n) is 16.2. The average Bonchev–Trinajstić information content (AvgIpc) is 3.44. The van der Waals surface area contributed by atoms with Crippen LogP contribution in [-0.4, -0.2) is 44.1 Å². The van der Waals surface area contributed by atoms with Crippen molar-refractivity contribution >= 4 is 23.4 Å². The number of hydrazine groups is 1. The van der Waals surface area contributed by atoms with Gasteiger partial charge in [0, 0.05) is 30.5 Å². The third-order valence-electron chi connectivity index (χ3n) is 5.17. The average molecular weight is 415 g/mol. The summed E-state index contributed by atoms with van der Waals surface area (Å²) in [7, 11) is 0. The lowest BCUT2D eigenvalue weighted by atomic mass is 9.96. The Morgan fingerprint density at radius 1 is 1.03 bits per heavy atom. The van der Waals surface area contributed by atoms with Crippen LogP contribution in [0.2, 0.25) is 0 Å². The summed E-state index contributed by atoms with van der Waals surface area (Å²) in [5.41, 5.74) is 5.37. The van der Waals surface area contributed by atoms with Gasteiger partial charge < -0.3 is 24.1 Å². The van der Waals surface area contributed by atoms with Gasteiger partial charge in [-0.1, -0.05) is 0 Å². The van der Waals surface area contributed by atoms with Crippen LogP contribution in [0.15, 0.2) is 41.0 Å². The maximum absolute atomic E-state index is 12.6. The van der Waals surface area contributed by atoms with Crippen LogP contribution in [0.1, 0.15) is 23.4 Å². The number of hydrogen-bond acceptors (Lipinski definition) is 6. The second-order valence-corrected chi connectivity index (χ2v) is 7.24. The fourth-order valence-corrected chi connectivity index (χ4v) is 3.55. The van der Waals surface area contributed by atoms with E-state index in [4.69, 9.17) is 13.9 Å². The summed E-state index contributed by atoms with van der Waals surface area (Å²) < 4.78 is 15.6. The Bertz CT molecular complexity index is 921. The number of nitrogens with one attached hydrogen (secondary N) is 4. The van der Waals surface area contributed by atoms with E-state index in [1.165, 1.54) is 12.3 Å². The third-order valence-corrected chi connectivity index (χ3v) is 5.17. The minimum atomic E-state index is -0.512. The predicted molar refractivity (Wildman–Crippen MR) is 104 cm³/mol. The second kappa shape index (κ2) is 8.87. The van der Waals surface area contributed by atoms with Crippen molar-refractivity contribution in [3.63, 3.8) is 0 Å². The summed E-state index contributed by atoms with van der Waals surface area (Å²) in [5, 5.41) is 2.92. The van der Waals surface area contributed by atoms with Crippen LogP contribution in [0.5, 0.6) is 11.5 Å². The van der Waals surface area contributed by atoms with Crippen LogP contribution >= 0.6 is 0 Å². The molecule has 0 radical (unpaired) electrons. The number of carbonyl (C=O) groups excluding carboxylic acids is 3. The molecule has 3 heterocycles. The van der Waals surface area contributed by atoms with Crippen LogP contribution in [0.3, 0.4) is 0 Å². The number of amides is 3. The first-order valence-corrected chi connectivity index (χ1v) is 9.75. The molecule has 1 aromatic carbocycles. The van der Waals surface area contributed by atoms with Gasteiger partial charge >= 0.3 is 5.91 Å². The van der Waals surface area contributed by atoms with Crippen molar-refractivity contribution in [1.82, 2.24) is 10.9 Å². The molecule has 0 saturated carbocycles. The van der Waals surface area contributed by atoms with Crippen molar-refractivity contribution in [3.8, 4) is 11.5 Å². The largest absolute Gasteiger partial charge is 0.459 e. The molecule has 2 aliphatic heterocycles. The first-order valence-electron chi connectivity index (χ1n) is 9.75. The summed E-state index contributed by atoms with van der Waals surface area (Å²) in [6.45, 7) is 1.79. The van der Waals surface area contributed by atoms with Crippen LogP contribution < -0.4 is 30.5 Å². The monoisotopic (exact) mass is 415 g/mol. The van der Waals surface area contributed by atoms with Gasteiger partial charge in [0.1, 0.15) is 0 Å². The molecule has 4 N–H and O–H groups in total. The fraction of sp³-hybridized carbons (Fsp3) is 0.350. The van der Waals surface area contributed by atoms with E-state index in [1.54, 1.807) is 24.3 Å². The molecule has 1 saturated heterocycles. The first-order chi connectivity index (χ1) is 14.6. The number of anilines is 1. The molecule has 2 aliphatic rings. The van der Waals surface area contributed by atoms with Crippen molar-refractivity contribution in [2.45, 2.75) is 12.8 Å². The number of likely N-dealkylation sites (tertiary alicyclic amines) is 1. The molecule has 10 heteroatoms. The molecular formula is C20H23N4O6+. The Morgan fingerprint density at radius 3 is 2.60 bits per heavy atom. The maximum Gasteiger partial charge on any atom is 0.305 e. The van der Waals surface area contributed by atoms with Crippen molar-refractivity contribution in [2.24, 2.45) is 5.92 Å². The quantitative estimate of drug-likeness (QED) is 0.498. The van der Waals surface area contributed by atoms with E-state index in [2.05, 4.69) is 16.2 Å². The highest BCUT2D eigenvalue weighted by atomic mass is 16.7. The van der Waals surface area contributed by atoms with Crippen molar-refractivity contribution in [2.75, 3.05) is 31.7 Å². The third kappa shape index (κ3) is 4.71. The lowest BCUT2D eigenvalue weighted by Crippen LogP contribution is -3.14. The summed E-state index contributed by atoms with van der Waals surface area (Å²) in [6, 6.07) is 8.41. The molecule has 4 rings (SSSR count). The van der Waals surface area contributed by atoms with Gasteiger partial charge in [-0.15, -0.1) is 0 Å². The van der Waals surface area contributed by atoms with E-state index in [-0.39, 0.29) is 36.8 Å². The number of furan rings is 1. The smallest absolute Gasteiger partial charge is 0.305 e. The van der Waals surface area contributed by atoms with Gasteiger partial charge in [-0.2, -0.15) is 0 Å². The van der Waals surface area contributed by atoms with E-state index < -0.39 is 5.91 Å². The summed E-state index contributed by atoms with van der Waals surface area (Å²) in [6.07, 6.45) is 2.74. The molecule has 1 aromatic heterocycles. The first kappa shape index (κ1) is 19.8. The van der Waals surface area contributed by atoms with Gasteiger partial charge in [0.15, 0.2) is 23.8 Å². The summed E-state index contributed by atoms with van der Waals surface area (Å²) in [5.74, 6) is 0.456. The highest BCUT2D eigenvalue weighted by molar-refractivity contribution is 5.93. The SMILES string of the molecule is O=C(C[NH+]1CCC(C(=O)Nc2ccc3c(c2)OCO3)CC1)NNC(=O)c1ccco1. The van der Waals surface area contributed by atoms with Gasteiger partial charge in [-0.25, -0.2) is 0 Å². The standard InChI is InChI=1S/C20H22N4O6/c25-18(22-23-20(27)16-2-1-9-28-16)11-24-7-5-13(6-8-24)19(26)21-14-3-4-15-17(10-14)30-12-29-15/h1-4,9-10,13H,5-8,11-12H2,(H,21,26)(H,22,25)(H,23,27)/p+1. The molecule has 0 spiro atoms. The van der Waals surface area contributed by atoms with Crippen LogP contribution in [-0.2, 0) is 9.59 Å². The number of quaternary nitrogens is 1. The normalized spacial score (nSPS) is 19.7. The summed E-state index contributed by atoms with van der Waals surface area (Å²) >= 11 is 0. The Morgan fingerprint density at radius 2 is 1.83 bits per heavy atom. The second-order valence-electron chi connectivity index (χ2n) is 7.24. The number of rotatable bonds is 5. The van der Waals surface area contributed by atoms with Gasteiger partial charge in [-0.3, -0.25) is 25.2 Å². The molecule has 10 nitrogen and oxygen atoms in total. The Labute approximate surface area is 172 Å². The molecule has 158 valence electrons. The minimum absolute atomic E-state index is 0.0388. The maximum atomic E-state index is 12.6. The molecule has 2 aromatic rings. The van der Waals surface area contributed by atoms with E-state index in [9.17, 15) is 14.4 Å². The molecule has 30 heavy (non-hydrogen) atoms. The fourth-order valence-electron chi connectivity index (χ4n) is 3.55.